The second-order valence-corrected chi connectivity index (χ2v) is 8.87. The van der Waals surface area contributed by atoms with Crippen LogP contribution in [0.3, 0.4) is 0 Å². The van der Waals surface area contributed by atoms with Crippen molar-refractivity contribution in [1.29, 1.82) is 0 Å². The fourth-order valence-corrected chi connectivity index (χ4v) is 4.21. The van der Waals surface area contributed by atoms with E-state index in [4.69, 9.17) is 16.6 Å². The molecule has 150 valence electrons. The molecule has 1 aliphatic carbocycles. The molecule has 0 radical (unpaired) electrons. The lowest BCUT2D eigenvalue weighted by Gasteiger charge is -2.25. The summed E-state index contributed by atoms with van der Waals surface area (Å²) in [5, 5.41) is 7.30. The average molecular weight is 395 g/mol. The highest BCUT2D eigenvalue weighted by Crippen LogP contribution is 2.32. The van der Waals surface area contributed by atoms with Crippen molar-refractivity contribution in [2.24, 2.45) is 10.9 Å². The van der Waals surface area contributed by atoms with Gasteiger partial charge < -0.3 is 15.5 Å². The fourth-order valence-electron chi connectivity index (χ4n) is 3.78. The molecule has 6 heteroatoms. The van der Waals surface area contributed by atoms with Crippen LogP contribution in [0.25, 0.3) is 0 Å². The predicted molar refractivity (Wildman–Crippen MR) is 111 cm³/mol. The zero-order valence-electron chi connectivity index (χ0n) is 16.7. The van der Waals surface area contributed by atoms with Crippen molar-refractivity contribution in [3.63, 3.8) is 0 Å². The molecule has 0 amide bonds. The monoisotopic (exact) mass is 394 g/mol. The number of hydrogen-bond acceptors (Lipinski definition) is 2. The van der Waals surface area contributed by atoms with Gasteiger partial charge in [-0.3, -0.25) is 4.99 Å². The first-order valence-corrected chi connectivity index (χ1v) is 10.5. The maximum Gasteiger partial charge on any atom is 0.191 e. The Morgan fingerprint density at radius 1 is 1.30 bits per heavy atom. The van der Waals surface area contributed by atoms with Crippen LogP contribution in [0.15, 0.2) is 23.2 Å². The van der Waals surface area contributed by atoms with Crippen LogP contribution in [-0.2, 0) is 5.41 Å². The van der Waals surface area contributed by atoms with Crippen molar-refractivity contribution in [1.82, 2.24) is 15.5 Å². The van der Waals surface area contributed by atoms with E-state index in [9.17, 15) is 4.39 Å². The summed E-state index contributed by atoms with van der Waals surface area (Å²) in [5.41, 5.74) is 0.643. The summed E-state index contributed by atoms with van der Waals surface area (Å²) in [7, 11) is 0. The standard InChI is InChI=1S/C21H32ClFN4/c1-4-24-20(25-12-15-9-10-27(13-15)17-6-7-17)26-14-21(2,3)18-8-5-16(23)11-19(18)22/h5,8,11,15,17H,4,6-7,9-10,12-14H2,1-3H3,(H2,24,25,26). The minimum absolute atomic E-state index is 0.275. The Hall–Kier alpha value is -1.33. The van der Waals surface area contributed by atoms with Gasteiger partial charge in [-0.2, -0.15) is 0 Å². The third-order valence-electron chi connectivity index (χ3n) is 5.58. The number of likely N-dealkylation sites (tertiary alicyclic amines) is 1. The minimum Gasteiger partial charge on any atom is -0.357 e. The number of nitrogens with one attached hydrogen (secondary N) is 2. The number of halogens is 2. The summed E-state index contributed by atoms with van der Waals surface area (Å²) in [4.78, 5) is 7.42. The van der Waals surface area contributed by atoms with E-state index in [-0.39, 0.29) is 11.2 Å². The van der Waals surface area contributed by atoms with E-state index in [0.717, 1.165) is 30.7 Å². The Morgan fingerprint density at radius 2 is 2.07 bits per heavy atom. The van der Waals surface area contributed by atoms with Gasteiger partial charge in [0.15, 0.2) is 5.96 Å². The number of benzene rings is 1. The molecule has 1 unspecified atom stereocenters. The fraction of sp³-hybridized carbons (Fsp3) is 0.667. The first kappa shape index (κ1) is 20.4. The van der Waals surface area contributed by atoms with Crippen molar-refractivity contribution >= 4 is 17.6 Å². The van der Waals surface area contributed by atoms with Gasteiger partial charge in [0.1, 0.15) is 5.82 Å². The highest BCUT2D eigenvalue weighted by Gasteiger charge is 2.34. The Labute approximate surface area is 167 Å². The quantitative estimate of drug-likeness (QED) is 0.546. The van der Waals surface area contributed by atoms with Crippen molar-refractivity contribution in [3.8, 4) is 0 Å². The Bertz CT molecular complexity index is 672. The Kier molecular flexibility index (Phi) is 6.64. The van der Waals surface area contributed by atoms with Crippen LogP contribution in [0.5, 0.6) is 0 Å². The molecule has 1 aromatic carbocycles. The second-order valence-electron chi connectivity index (χ2n) is 8.46. The zero-order chi connectivity index (χ0) is 19.4. The minimum atomic E-state index is -0.310. The summed E-state index contributed by atoms with van der Waals surface area (Å²) >= 11 is 6.26. The lowest BCUT2D eigenvalue weighted by atomic mass is 9.84. The molecule has 0 spiro atoms. The maximum absolute atomic E-state index is 13.3. The number of aliphatic imine (C=N–C) groups is 1. The molecule has 0 bridgehead atoms. The first-order chi connectivity index (χ1) is 12.9. The van der Waals surface area contributed by atoms with Gasteiger partial charge in [-0.15, -0.1) is 0 Å². The molecule has 3 rings (SSSR count). The van der Waals surface area contributed by atoms with Crippen LogP contribution in [-0.4, -0.2) is 49.6 Å². The molecule has 1 aliphatic heterocycles. The average Bonchev–Trinajstić information content (AvgIpc) is 3.35. The van der Waals surface area contributed by atoms with Gasteiger partial charge in [0.2, 0.25) is 0 Å². The van der Waals surface area contributed by atoms with Crippen LogP contribution in [0.4, 0.5) is 4.39 Å². The van der Waals surface area contributed by atoms with Crippen LogP contribution in [0.2, 0.25) is 5.02 Å². The van der Waals surface area contributed by atoms with Crippen LogP contribution < -0.4 is 10.6 Å². The van der Waals surface area contributed by atoms with Gasteiger partial charge in [0.25, 0.3) is 0 Å². The van der Waals surface area contributed by atoms with Gasteiger partial charge >= 0.3 is 0 Å². The lowest BCUT2D eigenvalue weighted by molar-refractivity contribution is 0.314. The molecule has 1 atom stereocenters. The summed E-state index contributed by atoms with van der Waals surface area (Å²) < 4.78 is 13.3. The molecular formula is C21H32ClFN4. The Morgan fingerprint density at radius 3 is 2.74 bits per heavy atom. The summed E-state index contributed by atoms with van der Waals surface area (Å²) in [5.74, 6) is 1.22. The molecule has 27 heavy (non-hydrogen) atoms. The van der Waals surface area contributed by atoms with E-state index >= 15 is 0 Å². The van der Waals surface area contributed by atoms with Crippen LogP contribution >= 0.6 is 11.6 Å². The molecule has 4 nitrogen and oxygen atoms in total. The number of nitrogens with zero attached hydrogens (tertiary/aromatic N) is 2. The van der Waals surface area contributed by atoms with Gasteiger partial charge in [-0.05, 0) is 56.3 Å². The number of rotatable bonds is 7. The summed E-state index contributed by atoms with van der Waals surface area (Å²) in [6.45, 7) is 11.0. The smallest absolute Gasteiger partial charge is 0.191 e. The van der Waals surface area contributed by atoms with E-state index in [2.05, 4.69) is 36.3 Å². The van der Waals surface area contributed by atoms with E-state index in [1.165, 1.54) is 44.5 Å². The number of hydrogen-bond donors (Lipinski definition) is 2. The second kappa shape index (κ2) is 8.78. The van der Waals surface area contributed by atoms with E-state index in [0.29, 0.717) is 17.5 Å². The third kappa shape index (κ3) is 5.58. The van der Waals surface area contributed by atoms with Crippen molar-refractivity contribution in [2.75, 3.05) is 32.7 Å². The zero-order valence-corrected chi connectivity index (χ0v) is 17.4. The maximum atomic E-state index is 13.3. The summed E-state index contributed by atoms with van der Waals surface area (Å²) in [6.07, 6.45) is 4.02. The molecule has 1 aromatic rings. The molecule has 2 fully saturated rings. The van der Waals surface area contributed by atoms with Gasteiger partial charge in [0, 0.05) is 36.1 Å². The molecule has 1 saturated heterocycles. The van der Waals surface area contributed by atoms with Crippen molar-refractivity contribution < 1.29 is 4.39 Å². The lowest BCUT2D eigenvalue weighted by Crippen LogP contribution is -2.41. The topological polar surface area (TPSA) is 39.7 Å². The molecular weight excluding hydrogens is 363 g/mol. The molecule has 2 N–H and O–H groups in total. The van der Waals surface area contributed by atoms with Gasteiger partial charge in [-0.1, -0.05) is 31.5 Å². The predicted octanol–water partition coefficient (Wildman–Crippen LogP) is 3.80. The van der Waals surface area contributed by atoms with E-state index in [1.54, 1.807) is 6.07 Å². The van der Waals surface area contributed by atoms with Crippen molar-refractivity contribution in [3.05, 3.63) is 34.6 Å². The van der Waals surface area contributed by atoms with E-state index < -0.39 is 0 Å². The van der Waals surface area contributed by atoms with Crippen molar-refractivity contribution in [2.45, 2.75) is 51.5 Å². The van der Waals surface area contributed by atoms with E-state index in [1.807, 2.05) is 0 Å². The largest absolute Gasteiger partial charge is 0.357 e. The SMILES string of the molecule is CCNC(=NCC(C)(C)c1ccc(F)cc1Cl)NCC1CCN(C2CC2)C1. The third-order valence-corrected chi connectivity index (χ3v) is 5.89. The highest BCUT2D eigenvalue weighted by atomic mass is 35.5. The van der Waals surface area contributed by atoms with Gasteiger partial charge in [-0.25, -0.2) is 4.39 Å². The normalized spacial score (nSPS) is 21.5. The molecule has 2 aliphatic rings. The Balaban J connectivity index is 1.57. The molecule has 0 aromatic heterocycles. The first-order valence-electron chi connectivity index (χ1n) is 10.1. The number of guanidine groups is 1. The summed E-state index contributed by atoms with van der Waals surface area (Å²) in [6, 6.07) is 5.45. The van der Waals surface area contributed by atoms with Gasteiger partial charge in [0.05, 0.1) is 6.54 Å². The van der Waals surface area contributed by atoms with Crippen LogP contribution in [0.1, 0.15) is 45.6 Å². The molecule has 1 saturated carbocycles. The highest BCUT2D eigenvalue weighted by molar-refractivity contribution is 6.31. The molecule has 1 heterocycles. The van der Waals surface area contributed by atoms with Crippen LogP contribution in [0, 0.1) is 11.7 Å².